The van der Waals surface area contributed by atoms with Crippen LogP contribution in [0.5, 0.6) is 0 Å². The lowest BCUT2D eigenvalue weighted by Gasteiger charge is -2.33. The Kier molecular flexibility index (Phi) is 4.45. The Morgan fingerprint density at radius 1 is 1.37 bits per heavy atom. The quantitative estimate of drug-likeness (QED) is 0.813. The second kappa shape index (κ2) is 6.08. The van der Waals surface area contributed by atoms with Crippen LogP contribution in [0.15, 0.2) is 11.3 Å². The number of carbonyl (C=O) groups excluding carboxylic acids is 2. The third-order valence-electron chi connectivity index (χ3n) is 3.90. The Balaban J connectivity index is 2.05. The Labute approximate surface area is 114 Å². The average Bonchev–Trinajstić information content (AvgIpc) is 2.46. The van der Waals surface area contributed by atoms with E-state index in [-0.39, 0.29) is 17.7 Å². The molecule has 1 fully saturated rings. The molecule has 0 bridgehead atoms. The van der Waals surface area contributed by atoms with Gasteiger partial charge < -0.3 is 15.0 Å². The summed E-state index contributed by atoms with van der Waals surface area (Å²) in [5.74, 6) is 0.750. The number of amides is 2. The summed E-state index contributed by atoms with van der Waals surface area (Å²) in [6.07, 6.45) is 3.42. The Bertz CT molecular complexity index is 403. The van der Waals surface area contributed by atoms with Gasteiger partial charge >= 0.3 is 0 Å². The number of likely N-dealkylation sites (tertiary alicyclic amines) is 1. The van der Waals surface area contributed by atoms with Gasteiger partial charge in [-0.05, 0) is 32.6 Å². The molecule has 0 aliphatic carbocycles. The van der Waals surface area contributed by atoms with Gasteiger partial charge in [-0.15, -0.1) is 0 Å². The van der Waals surface area contributed by atoms with Crippen molar-refractivity contribution in [2.24, 2.45) is 5.92 Å². The van der Waals surface area contributed by atoms with Gasteiger partial charge in [0.25, 0.3) is 5.91 Å². The molecule has 1 saturated heterocycles. The molecule has 5 nitrogen and oxygen atoms in total. The van der Waals surface area contributed by atoms with Gasteiger partial charge in [-0.2, -0.15) is 0 Å². The molecule has 0 saturated carbocycles. The average molecular weight is 266 g/mol. The second-order valence-electron chi connectivity index (χ2n) is 5.19. The first-order valence-electron chi connectivity index (χ1n) is 6.97. The number of nitrogens with zero attached hydrogens (tertiary/aromatic N) is 1. The maximum absolute atomic E-state index is 12.5. The molecule has 2 aliphatic rings. The summed E-state index contributed by atoms with van der Waals surface area (Å²) < 4.78 is 5.45. The van der Waals surface area contributed by atoms with Crippen molar-refractivity contribution >= 4 is 11.8 Å². The largest absolute Gasteiger partial charge is 0.498 e. The zero-order chi connectivity index (χ0) is 13.8. The third-order valence-corrected chi connectivity index (χ3v) is 3.90. The summed E-state index contributed by atoms with van der Waals surface area (Å²) in [6, 6.07) is 0. The Morgan fingerprint density at radius 3 is 2.84 bits per heavy atom. The van der Waals surface area contributed by atoms with Crippen LogP contribution < -0.4 is 5.32 Å². The van der Waals surface area contributed by atoms with Gasteiger partial charge in [-0.1, -0.05) is 0 Å². The second-order valence-corrected chi connectivity index (χ2v) is 5.19. The topological polar surface area (TPSA) is 58.6 Å². The smallest absolute Gasteiger partial charge is 0.253 e. The van der Waals surface area contributed by atoms with Crippen molar-refractivity contribution in [3.8, 4) is 0 Å². The first kappa shape index (κ1) is 13.9. The van der Waals surface area contributed by atoms with Crippen LogP contribution >= 0.6 is 0 Å². The molecule has 2 rings (SSSR count). The molecule has 0 spiro atoms. The van der Waals surface area contributed by atoms with Crippen molar-refractivity contribution in [1.82, 2.24) is 10.2 Å². The van der Waals surface area contributed by atoms with Crippen LogP contribution in [0.2, 0.25) is 0 Å². The van der Waals surface area contributed by atoms with E-state index >= 15 is 0 Å². The SMILES string of the molecule is CNC(=O)C1CCCN(C(=O)C2=C(C)OCCC2)C1. The van der Waals surface area contributed by atoms with Crippen molar-refractivity contribution in [3.63, 3.8) is 0 Å². The van der Waals surface area contributed by atoms with Crippen molar-refractivity contribution in [2.75, 3.05) is 26.7 Å². The summed E-state index contributed by atoms with van der Waals surface area (Å²) >= 11 is 0. The standard InChI is InChI=1S/C14H22N2O3/c1-10-12(6-4-8-19-10)14(18)16-7-3-5-11(9-16)13(17)15-2/h11H,3-9H2,1-2H3,(H,15,17). The number of hydrogen-bond acceptors (Lipinski definition) is 3. The summed E-state index contributed by atoms with van der Waals surface area (Å²) in [5.41, 5.74) is 0.781. The molecule has 2 amide bonds. The molecular formula is C14H22N2O3. The first-order valence-corrected chi connectivity index (χ1v) is 6.97. The highest BCUT2D eigenvalue weighted by atomic mass is 16.5. The molecule has 1 N–H and O–H groups in total. The van der Waals surface area contributed by atoms with Crippen LogP contribution in [0.1, 0.15) is 32.6 Å². The summed E-state index contributed by atoms with van der Waals surface area (Å²) in [4.78, 5) is 26.0. The fraction of sp³-hybridized carbons (Fsp3) is 0.714. The van der Waals surface area contributed by atoms with E-state index in [1.807, 2.05) is 6.92 Å². The third kappa shape index (κ3) is 3.08. The number of allylic oxidation sites excluding steroid dienone is 1. The molecular weight excluding hydrogens is 244 g/mol. The van der Waals surface area contributed by atoms with Crippen LogP contribution in [-0.4, -0.2) is 43.5 Å². The normalized spacial score (nSPS) is 23.9. The summed E-state index contributed by atoms with van der Waals surface area (Å²) in [6.45, 7) is 3.81. The van der Waals surface area contributed by atoms with Gasteiger partial charge in [0.05, 0.1) is 18.1 Å². The predicted octanol–water partition coefficient (Wildman–Crippen LogP) is 1.06. The van der Waals surface area contributed by atoms with E-state index in [9.17, 15) is 9.59 Å². The van der Waals surface area contributed by atoms with Gasteiger partial charge in [-0.25, -0.2) is 0 Å². The molecule has 0 aromatic rings. The zero-order valence-electron chi connectivity index (χ0n) is 11.7. The number of carbonyl (C=O) groups is 2. The van der Waals surface area contributed by atoms with Crippen LogP contribution in [0.4, 0.5) is 0 Å². The maximum atomic E-state index is 12.5. The van der Waals surface area contributed by atoms with E-state index in [4.69, 9.17) is 4.74 Å². The highest BCUT2D eigenvalue weighted by Crippen LogP contribution is 2.24. The molecule has 0 radical (unpaired) electrons. The minimum atomic E-state index is -0.0758. The Hall–Kier alpha value is -1.52. The van der Waals surface area contributed by atoms with Crippen molar-refractivity contribution in [3.05, 3.63) is 11.3 Å². The predicted molar refractivity (Wildman–Crippen MR) is 71.3 cm³/mol. The molecule has 2 heterocycles. The first-order chi connectivity index (χ1) is 9.13. The highest BCUT2D eigenvalue weighted by Gasteiger charge is 2.30. The van der Waals surface area contributed by atoms with E-state index in [0.29, 0.717) is 13.2 Å². The van der Waals surface area contributed by atoms with Gasteiger partial charge in [0.2, 0.25) is 5.91 Å². The molecule has 0 aromatic carbocycles. The van der Waals surface area contributed by atoms with E-state index < -0.39 is 0 Å². The molecule has 2 aliphatic heterocycles. The summed E-state index contributed by atoms with van der Waals surface area (Å²) in [5, 5.41) is 2.67. The van der Waals surface area contributed by atoms with Crippen molar-refractivity contribution in [2.45, 2.75) is 32.6 Å². The van der Waals surface area contributed by atoms with Gasteiger partial charge in [0, 0.05) is 20.1 Å². The van der Waals surface area contributed by atoms with E-state index in [1.54, 1.807) is 11.9 Å². The van der Waals surface area contributed by atoms with Crippen LogP contribution in [0, 0.1) is 5.92 Å². The number of piperidine rings is 1. The molecule has 5 heteroatoms. The number of nitrogens with one attached hydrogen (secondary N) is 1. The molecule has 106 valence electrons. The minimum Gasteiger partial charge on any atom is -0.498 e. The van der Waals surface area contributed by atoms with Gasteiger partial charge in [0.1, 0.15) is 5.76 Å². The fourth-order valence-electron chi connectivity index (χ4n) is 2.77. The van der Waals surface area contributed by atoms with E-state index in [1.165, 1.54) is 0 Å². The molecule has 0 aromatic heterocycles. The minimum absolute atomic E-state index is 0.0306. The number of rotatable bonds is 2. The van der Waals surface area contributed by atoms with Gasteiger partial charge in [0.15, 0.2) is 0 Å². The van der Waals surface area contributed by atoms with Crippen LogP contribution in [-0.2, 0) is 14.3 Å². The molecule has 1 unspecified atom stereocenters. The lowest BCUT2D eigenvalue weighted by Crippen LogP contribution is -2.45. The number of hydrogen-bond donors (Lipinski definition) is 1. The lowest BCUT2D eigenvalue weighted by atomic mass is 9.95. The number of ether oxygens (including phenoxy) is 1. The Morgan fingerprint density at radius 2 is 2.16 bits per heavy atom. The van der Waals surface area contributed by atoms with Gasteiger partial charge in [-0.3, -0.25) is 9.59 Å². The summed E-state index contributed by atoms with van der Waals surface area (Å²) in [7, 11) is 1.64. The van der Waals surface area contributed by atoms with E-state index in [2.05, 4.69) is 5.32 Å². The molecule has 1 atom stereocenters. The monoisotopic (exact) mass is 266 g/mol. The zero-order valence-corrected chi connectivity index (χ0v) is 11.7. The van der Waals surface area contributed by atoms with Crippen molar-refractivity contribution in [1.29, 1.82) is 0 Å². The van der Waals surface area contributed by atoms with Crippen molar-refractivity contribution < 1.29 is 14.3 Å². The van der Waals surface area contributed by atoms with Crippen LogP contribution in [0.25, 0.3) is 0 Å². The van der Waals surface area contributed by atoms with E-state index in [0.717, 1.165) is 43.6 Å². The molecule has 19 heavy (non-hydrogen) atoms. The maximum Gasteiger partial charge on any atom is 0.253 e. The highest BCUT2D eigenvalue weighted by molar-refractivity contribution is 5.94. The van der Waals surface area contributed by atoms with Crippen LogP contribution in [0.3, 0.4) is 0 Å². The fourth-order valence-corrected chi connectivity index (χ4v) is 2.77. The lowest BCUT2D eigenvalue weighted by molar-refractivity contribution is -0.133.